The van der Waals surface area contributed by atoms with Gasteiger partial charge in [0.2, 0.25) is 0 Å². The highest BCUT2D eigenvalue weighted by atomic mass is 32.2. The average Bonchev–Trinajstić information content (AvgIpc) is 2.73. The van der Waals surface area contributed by atoms with Gasteiger partial charge in [-0.2, -0.15) is 0 Å². The number of nitrogens with one attached hydrogen (secondary N) is 1. The summed E-state index contributed by atoms with van der Waals surface area (Å²) < 4.78 is 28.1. The fourth-order valence-corrected chi connectivity index (χ4v) is 4.15. The maximum absolute atomic E-state index is 12.8. The molecule has 0 bridgehead atoms. The highest BCUT2D eigenvalue weighted by molar-refractivity contribution is 7.90. The van der Waals surface area contributed by atoms with E-state index in [0.717, 1.165) is 42.8 Å². The van der Waals surface area contributed by atoms with Crippen LogP contribution in [0.15, 0.2) is 48.5 Å². The smallest absolute Gasteiger partial charge is 0.251 e. The predicted molar refractivity (Wildman–Crippen MR) is 115 cm³/mol. The lowest BCUT2D eigenvalue weighted by Crippen LogP contribution is -2.45. The van der Waals surface area contributed by atoms with Gasteiger partial charge in [-0.05, 0) is 36.6 Å². The minimum absolute atomic E-state index is 0.0965. The summed E-state index contributed by atoms with van der Waals surface area (Å²) in [7, 11) is -1.32. The van der Waals surface area contributed by atoms with Gasteiger partial charge in [0.15, 0.2) is 0 Å². The van der Waals surface area contributed by atoms with Gasteiger partial charge in [0.1, 0.15) is 15.6 Å². The van der Waals surface area contributed by atoms with Crippen molar-refractivity contribution in [3.05, 3.63) is 54.1 Å². The molecule has 29 heavy (non-hydrogen) atoms. The number of hydrogen-bond donors (Lipinski definition) is 1. The number of amides is 1. The number of benzene rings is 2. The lowest BCUT2D eigenvalue weighted by atomic mass is 10.0. The van der Waals surface area contributed by atoms with Crippen LogP contribution in [-0.4, -0.2) is 64.0 Å². The van der Waals surface area contributed by atoms with Gasteiger partial charge >= 0.3 is 0 Å². The van der Waals surface area contributed by atoms with Crippen LogP contribution in [0.3, 0.4) is 0 Å². The molecule has 1 aliphatic heterocycles. The molecule has 0 aliphatic carbocycles. The number of carbonyl (C=O) groups excluding carboxylic acids is 1. The Labute approximate surface area is 172 Å². The lowest BCUT2D eigenvalue weighted by Gasteiger charge is -2.32. The normalized spacial score (nSPS) is 15.8. The summed E-state index contributed by atoms with van der Waals surface area (Å²) in [5.41, 5.74) is 2.48. The number of carbonyl (C=O) groups is 1. The second-order valence-electron chi connectivity index (χ2n) is 7.50. The third-order valence-corrected chi connectivity index (χ3v) is 6.17. The second kappa shape index (κ2) is 9.41. The number of nitrogens with zero attached hydrogens (tertiary/aromatic N) is 1. The van der Waals surface area contributed by atoms with E-state index in [-0.39, 0.29) is 17.7 Å². The number of sulfone groups is 1. The first-order chi connectivity index (χ1) is 13.9. The van der Waals surface area contributed by atoms with Crippen LogP contribution >= 0.6 is 0 Å². The van der Waals surface area contributed by atoms with Crippen molar-refractivity contribution in [3.63, 3.8) is 0 Å². The highest BCUT2D eigenvalue weighted by Crippen LogP contribution is 2.30. The van der Waals surface area contributed by atoms with Gasteiger partial charge in [-0.1, -0.05) is 30.3 Å². The standard InChI is InChI=1S/C22H28N2O4S/c1-28-21-9-8-18(16-20(21)17-6-4-3-5-7-17)22(25)23-19-10-12-24(13-11-19)14-15-29(2,26)27/h3-9,16,19H,10-15H2,1-2H3,(H,23,25). The summed E-state index contributed by atoms with van der Waals surface area (Å²) in [6.45, 7) is 2.13. The van der Waals surface area contributed by atoms with E-state index in [1.165, 1.54) is 6.26 Å². The molecule has 1 aliphatic rings. The molecule has 1 saturated heterocycles. The molecule has 0 unspecified atom stereocenters. The van der Waals surface area contributed by atoms with Gasteiger partial charge in [-0.25, -0.2) is 8.42 Å². The van der Waals surface area contributed by atoms with Gasteiger partial charge in [0.05, 0.1) is 12.9 Å². The third-order valence-electron chi connectivity index (χ3n) is 5.25. The van der Waals surface area contributed by atoms with E-state index in [9.17, 15) is 13.2 Å². The van der Waals surface area contributed by atoms with Gasteiger partial charge < -0.3 is 15.0 Å². The van der Waals surface area contributed by atoms with Gasteiger partial charge in [0.25, 0.3) is 5.91 Å². The molecule has 7 heteroatoms. The molecule has 1 fully saturated rings. The summed E-state index contributed by atoms with van der Waals surface area (Å²) in [5, 5.41) is 3.12. The summed E-state index contributed by atoms with van der Waals surface area (Å²) >= 11 is 0. The summed E-state index contributed by atoms with van der Waals surface area (Å²) in [6, 6.07) is 15.4. The summed E-state index contributed by atoms with van der Waals surface area (Å²) in [6.07, 6.45) is 2.90. The highest BCUT2D eigenvalue weighted by Gasteiger charge is 2.22. The number of likely N-dealkylation sites (tertiary alicyclic amines) is 1. The Morgan fingerprint density at radius 3 is 2.45 bits per heavy atom. The van der Waals surface area contributed by atoms with E-state index in [4.69, 9.17) is 4.74 Å². The fraction of sp³-hybridized carbons (Fsp3) is 0.409. The first-order valence-corrected chi connectivity index (χ1v) is 11.9. The Morgan fingerprint density at radius 2 is 1.83 bits per heavy atom. The van der Waals surface area contributed by atoms with E-state index in [2.05, 4.69) is 10.2 Å². The first-order valence-electron chi connectivity index (χ1n) is 9.80. The van der Waals surface area contributed by atoms with E-state index >= 15 is 0 Å². The Kier molecular flexibility index (Phi) is 6.92. The molecular weight excluding hydrogens is 388 g/mol. The van der Waals surface area contributed by atoms with Gasteiger partial charge in [0, 0.05) is 43.1 Å². The molecule has 6 nitrogen and oxygen atoms in total. The van der Waals surface area contributed by atoms with Crippen LogP contribution in [0.2, 0.25) is 0 Å². The van der Waals surface area contributed by atoms with Crippen molar-refractivity contribution >= 4 is 15.7 Å². The van der Waals surface area contributed by atoms with Crippen molar-refractivity contribution in [2.75, 3.05) is 38.8 Å². The van der Waals surface area contributed by atoms with Crippen molar-refractivity contribution < 1.29 is 17.9 Å². The Balaban J connectivity index is 1.62. The predicted octanol–water partition coefficient (Wildman–Crippen LogP) is 2.60. The lowest BCUT2D eigenvalue weighted by molar-refractivity contribution is 0.0913. The Hall–Kier alpha value is -2.38. The monoisotopic (exact) mass is 416 g/mol. The van der Waals surface area contributed by atoms with Gasteiger partial charge in [-0.15, -0.1) is 0 Å². The Bertz CT molecular complexity index is 937. The van der Waals surface area contributed by atoms with E-state index in [0.29, 0.717) is 12.1 Å². The van der Waals surface area contributed by atoms with E-state index < -0.39 is 9.84 Å². The molecule has 1 amide bonds. The zero-order valence-corrected chi connectivity index (χ0v) is 17.7. The SMILES string of the molecule is COc1ccc(C(=O)NC2CCN(CCS(C)(=O)=O)CC2)cc1-c1ccccc1. The van der Waals surface area contributed by atoms with Crippen molar-refractivity contribution in [3.8, 4) is 16.9 Å². The number of methoxy groups -OCH3 is 1. The quantitative estimate of drug-likeness (QED) is 0.751. The maximum atomic E-state index is 12.8. The van der Waals surface area contributed by atoms with Crippen molar-refractivity contribution in [2.24, 2.45) is 0 Å². The summed E-state index contributed by atoms with van der Waals surface area (Å²) in [4.78, 5) is 14.9. The first kappa shape index (κ1) is 21.3. The minimum Gasteiger partial charge on any atom is -0.496 e. The fourth-order valence-electron chi connectivity index (χ4n) is 3.56. The van der Waals surface area contributed by atoms with E-state index in [1.54, 1.807) is 13.2 Å². The van der Waals surface area contributed by atoms with Crippen molar-refractivity contribution in [1.82, 2.24) is 10.2 Å². The van der Waals surface area contributed by atoms with Crippen molar-refractivity contribution in [2.45, 2.75) is 18.9 Å². The maximum Gasteiger partial charge on any atom is 0.251 e. The van der Waals surface area contributed by atoms with Gasteiger partial charge in [-0.3, -0.25) is 4.79 Å². The molecular formula is C22H28N2O4S. The molecule has 1 heterocycles. The average molecular weight is 417 g/mol. The molecule has 2 aromatic rings. The molecule has 3 rings (SSSR count). The molecule has 0 atom stereocenters. The molecule has 0 radical (unpaired) electrons. The van der Waals surface area contributed by atoms with Crippen molar-refractivity contribution in [1.29, 1.82) is 0 Å². The minimum atomic E-state index is -2.95. The molecule has 0 saturated carbocycles. The number of ether oxygens (including phenoxy) is 1. The number of rotatable bonds is 7. The van der Waals surface area contributed by atoms with Crippen LogP contribution in [-0.2, 0) is 9.84 Å². The second-order valence-corrected chi connectivity index (χ2v) is 9.76. The topological polar surface area (TPSA) is 75.7 Å². The largest absolute Gasteiger partial charge is 0.496 e. The molecule has 2 aromatic carbocycles. The number of piperidine rings is 1. The molecule has 1 N–H and O–H groups in total. The molecule has 156 valence electrons. The van der Waals surface area contributed by atoms with Crippen LogP contribution in [0.5, 0.6) is 5.75 Å². The van der Waals surface area contributed by atoms with E-state index in [1.807, 2.05) is 42.5 Å². The zero-order chi connectivity index (χ0) is 20.9. The Morgan fingerprint density at radius 1 is 1.14 bits per heavy atom. The molecule has 0 spiro atoms. The van der Waals surface area contributed by atoms with Crippen LogP contribution in [0.4, 0.5) is 0 Å². The van der Waals surface area contributed by atoms with Crippen LogP contribution < -0.4 is 10.1 Å². The van der Waals surface area contributed by atoms with Crippen LogP contribution in [0.25, 0.3) is 11.1 Å². The zero-order valence-electron chi connectivity index (χ0n) is 16.9. The number of hydrogen-bond acceptors (Lipinski definition) is 5. The van der Waals surface area contributed by atoms with Crippen LogP contribution in [0.1, 0.15) is 23.2 Å². The molecule has 0 aromatic heterocycles. The van der Waals surface area contributed by atoms with Crippen LogP contribution in [0, 0.1) is 0 Å². The third kappa shape index (κ3) is 6.05. The summed E-state index contributed by atoms with van der Waals surface area (Å²) in [5.74, 6) is 0.810.